The summed E-state index contributed by atoms with van der Waals surface area (Å²) in [6.45, 7) is 1.63. The molecule has 8 heteroatoms. The van der Waals surface area contributed by atoms with Gasteiger partial charge in [0.15, 0.2) is 11.2 Å². The van der Waals surface area contributed by atoms with Crippen molar-refractivity contribution in [3.05, 3.63) is 62.9 Å². The average molecular weight is 428 g/mol. The molecule has 26 heavy (non-hydrogen) atoms. The van der Waals surface area contributed by atoms with Gasteiger partial charge in [-0.2, -0.15) is 0 Å². The number of amides is 1. The lowest BCUT2D eigenvalue weighted by atomic mass is 10.2. The Morgan fingerprint density at radius 1 is 1.12 bits per heavy atom. The summed E-state index contributed by atoms with van der Waals surface area (Å²) in [6, 6.07) is 12.2. The molecule has 0 saturated carbocycles. The summed E-state index contributed by atoms with van der Waals surface area (Å²) in [5.41, 5.74) is 1.68. The van der Waals surface area contributed by atoms with Gasteiger partial charge < -0.3 is 4.74 Å². The Morgan fingerprint density at radius 3 is 2.50 bits per heavy atom. The molecule has 3 rings (SSSR count). The number of anilines is 1. The highest BCUT2D eigenvalue weighted by atomic mass is 35.5. The maximum absolute atomic E-state index is 12.3. The van der Waals surface area contributed by atoms with E-state index in [-0.39, 0.29) is 5.91 Å². The molecule has 4 nitrogen and oxygen atoms in total. The second kappa shape index (κ2) is 8.27. The number of carbonyl (C=O) groups excluding carboxylic acids is 1. The van der Waals surface area contributed by atoms with Gasteiger partial charge in [0, 0.05) is 21.0 Å². The molecule has 0 radical (unpaired) electrons. The monoisotopic (exact) mass is 426 g/mol. The lowest BCUT2D eigenvalue weighted by Crippen LogP contribution is -2.30. The minimum Gasteiger partial charge on any atom is -0.479 e. The van der Waals surface area contributed by atoms with E-state index >= 15 is 0 Å². The van der Waals surface area contributed by atoms with Gasteiger partial charge in [-0.15, -0.1) is 11.3 Å². The summed E-state index contributed by atoms with van der Waals surface area (Å²) < 4.78 is 5.60. The number of hydrogen-bond donors (Lipinski definition) is 1. The van der Waals surface area contributed by atoms with Crippen molar-refractivity contribution >= 4 is 57.2 Å². The summed E-state index contributed by atoms with van der Waals surface area (Å²) in [6.07, 6.45) is -0.753. The number of benzene rings is 2. The van der Waals surface area contributed by atoms with E-state index in [0.29, 0.717) is 25.9 Å². The zero-order valence-electron chi connectivity index (χ0n) is 13.5. The third kappa shape index (κ3) is 4.68. The maximum atomic E-state index is 12.3. The Bertz CT molecular complexity index is 928. The molecule has 0 aliphatic rings. The third-order valence-corrected chi connectivity index (χ3v) is 4.98. The number of thiazole rings is 1. The Hall–Kier alpha value is -1.79. The zero-order valence-corrected chi connectivity index (χ0v) is 16.6. The molecule has 0 aliphatic carbocycles. The Labute approximate surface area is 169 Å². The highest BCUT2D eigenvalue weighted by Gasteiger charge is 2.18. The Balaban J connectivity index is 1.65. The van der Waals surface area contributed by atoms with Crippen LogP contribution in [0.15, 0.2) is 47.8 Å². The quantitative estimate of drug-likeness (QED) is 0.529. The van der Waals surface area contributed by atoms with Crippen LogP contribution in [-0.2, 0) is 4.79 Å². The molecule has 1 N–H and O–H groups in total. The standard InChI is InChI=1S/C18H13Cl3N2O2S/c1-10(25-16-7-6-13(20)8-14(16)21)17(24)23-18-22-15(9-26-18)11-2-4-12(19)5-3-11/h2-10H,1H3,(H,22,23,24). The molecule has 1 heterocycles. The fraction of sp³-hybridized carbons (Fsp3) is 0.111. The van der Waals surface area contributed by atoms with Crippen molar-refractivity contribution < 1.29 is 9.53 Å². The van der Waals surface area contributed by atoms with E-state index in [1.807, 2.05) is 17.5 Å². The smallest absolute Gasteiger partial charge is 0.266 e. The summed E-state index contributed by atoms with van der Waals surface area (Å²) in [5.74, 6) is 0.0627. The van der Waals surface area contributed by atoms with Crippen molar-refractivity contribution in [3.8, 4) is 17.0 Å². The predicted molar refractivity (Wildman–Crippen MR) is 108 cm³/mol. The molecular weight excluding hydrogens is 415 g/mol. The van der Waals surface area contributed by atoms with Crippen LogP contribution in [0.25, 0.3) is 11.3 Å². The first-order valence-corrected chi connectivity index (χ1v) is 9.58. The van der Waals surface area contributed by atoms with Gasteiger partial charge in [-0.3, -0.25) is 10.1 Å². The van der Waals surface area contributed by atoms with Gasteiger partial charge in [0.2, 0.25) is 0 Å². The number of aromatic nitrogens is 1. The van der Waals surface area contributed by atoms with Crippen LogP contribution in [0.1, 0.15) is 6.92 Å². The van der Waals surface area contributed by atoms with Gasteiger partial charge in [-0.25, -0.2) is 4.98 Å². The molecule has 0 bridgehead atoms. The molecule has 3 aromatic rings. The van der Waals surface area contributed by atoms with Crippen LogP contribution >= 0.6 is 46.1 Å². The number of hydrogen-bond acceptors (Lipinski definition) is 4. The lowest BCUT2D eigenvalue weighted by Gasteiger charge is -2.14. The molecule has 2 aromatic carbocycles. The minimum atomic E-state index is -0.753. The van der Waals surface area contributed by atoms with Crippen molar-refractivity contribution in [2.24, 2.45) is 0 Å². The van der Waals surface area contributed by atoms with Crippen molar-refractivity contribution in [1.29, 1.82) is 0 Å². The number of rotatable bonds is 5. The van der Waals surface area contributed by atoms with E-state index in [4.69, 9.17) is 39.5 Å². The van der Waals surface area contributed by atoms with Gasteiger partial charge in [-0.05, 0) is 37.3 Å². The SMILES string of the molecule is CC(Oc1ccc(Cl)cc1Cl)C(=O)Nc1nc(-c2ccc(Cl)cc2)cs1. The fourth-order valence-corrected chi connectivity index (χ4v) is 3.41. The fourth-order valence-electron chi connectivity index (χ4n) is 2.11. The van der Waals surface area contributed by atoms with E-state index in [1.54, 1.807) is 37.3 Å². The number of carbonyl (C=O) groups is 1. The van der Waals surface area contributed by atoms with Gasteiger partial charge in [-0.1, -0.05) is 46.9 Å². The minimum absolute atomic E-state index is 0.326. The van der Waals surface area contributed by atoms with Crippen LogP contribution < -0.4 is 10.1 Å². The highest BCUT2D eigenvalue weighted by Crippen LogP contribution is 2.29. The predicted octanol–water partition coefficient (Wildman–Crippen LogP) is 6.18. The first-order chi connectivity index (χ1) is 12.4. The van der Waals surface area contributed by atoms with E-state index in [0.717, 1.165) is 11.3 Å². The topological polar surface area (TPSA) is 51.2 Å². The summed E-state index contributed by atoms with van der Waals surface area (Å²) in [4.78, 5) is 16.7. The first kappa shape index (κ1) is 19.0. The summed E-state index contributed by atoms with van der Waals surface area (Å²) in [5, 5.41) is 6.59. The largest absolute Gasteiger partial charge is 0.479 e. The summed E-state index contributed by atoms with van der Waals surface area (Å²) in [7, 11) is 0. The van der Waals surface area contributed by atoms with Crippen molar-refractivity contribution in [2.75, 3.05) is 5.32 Å². The highest BCUT2D eigenvalue weighted by molar-refractivity contribution is 7.14. The van der Waals surface area contributed by atoms with E-state index < -0.39 is 6.10 Å². The van der Waals surface area contributed by atoms with Crippen LogP contribution in [0.3, 0.4) is 0 Å². The number of nitrogens with zero attached hydrogens (tertiary/aromatic N) is 1. The summed E-state index contributed by atoms with van der Waals surface area (Å²) >= 11 is 19.1. The first-order valence-electron chi connectivity index (χ1n) is 7.56. The lowest BCUT2D eigenvalue weighted by molar-refractivity contribution is -0.122. The van der Waals surface area contributed by atoms with Crippen LogP contribution in [0, 0.1) is 0 Å². The normalized spacial score (nSPS) is 11.8. The maximum Gasteiger partial charge on any atom is 0.266 e. The molecule has 1 aromatic heterocycles. The second-order valence-corrected chi connectivity index (χ2v) is 7.51. The van der Waals surface area contributed by atoms with Gasteiger partial charge in [0.05, 0.1) is 10.7 Å². The molecule has 0 spiro atoms. The van der Waals surface area contributed by atoms with Crippen LogP contribution in [0.2, 0.25) is 15.1 Å². The number of halogens is 3. The molecular formula is C18H13Cl3N2O2S. The molecule has 1 unspecified atom stereocenters. The van der Waals surface area contributed by atoms with Crippen LogP contribution in [-0.4, -0.2) is 17.0 Å². The molecule has 134 valence electrons. The second-order valence-electron chi connectivity index (χ2n) is 5.37. The Kier molecular flexibility index (Phi) is 6.04. The number of ether oxygens (including phenoxy) is 1. The molecule has 0 saturated heterocycles. The van der Waals surface area contributed by atoms with Crippen molar-refractivity contribution in [1.82, 2.24) is 4.98 Å². The van der Waals surface area contributed by atoms with Gasteiger partial charge in [0.1, 0.15) is 5.75 Å². The molecule has 1 amide bonds. The van der Waals surface area contributed by atoms with Gasteiger partial charge >= 0.3 is 0 Å². The van der Waals surface area contributed by atoms with Crippen LogP contribution in [0.4, 0.5) is 5.13 Å². The van der Waals surface area contributed by atoms with Crippen molar-refractivity contribution in [3.63, 3.8) is 0 Å². The molecule has 0 aliphatic heterocycles. The molecule has 1 atom stereocenters. The van der Waals surface area contributed by atoms with Crippen LogP contribution in [0.5, 0.6) is 5.75 Å². The zero-order chi connectivity index (χ0) is 18.7. The van der Waals surface area contributed by atoms with E-state index in [1.165, 1.54) is 11.3 Å². The van der Waals surface area contributed by atoms with E-state index in [9.17, 15) is 4.79 Å². The third-order valence-electron chi connectivity index (χ3n) is 3.44. The van der Waals surface area contributed by atoms with Crippen molar-refractivity contribution in [2.45, 2.75) is 13.0 Å². The van der Waals surface area contributed by atoms with E-state index in [2.05, 4.69) is 10.3 Å². The average Bonchev–Trinajstić information content (AvgIpc) is 3.06. The van der Waals surface area contributed by atoms with Gasteiger partial charge in [0.25, 0.3) is 5.91 Å². The number of nitrogens with one attached hydrogen (secondary N) is 1. The Morgan fingerprint density at radius 2 is 1.81 bits per heavy atom. The molecule has 0 fully saturated rings.